The fourth-order valence-electron chi connectivity index (χ4n) is 2.31. The van der Waals surface area contributed by atoms with Gasteiger partial charge in [0.25, 0.3) is 0 Å². The molecule has 1 aromatic heterocycles. The van der Waals surface area contributed by atoms with Gasteiger partial charge >= 0.3 is 0 Å². The van der Waals surface area contributed by atoms with Crippen LogP contribution in [0.25, 0.3) is 0 Å². The van der Waals surface area contributed by atoms with Gasteiger partial charge in [-0.1, -0.05) is 30.8 Å². The van der Waals surface area contributed by atoms with Gasteiger partial charge in [-0.05, 0) is 31.0 Å². The number of nitrogens with two attached hydrogens (primary N) is 1. The molecular weight excluding hydrogens is 338 g/mol. The Kier molecular flexibility index (Phi) is 7.00. The van der Waals surface area contributed by atoms with Gasteiger partial charge in [0.05, 0.1) is 5.75 Å². The Morgan fingerprint density at radius 2 is 1.92 bits per heavy atom. The summed E-state index contributed by atoms with van der Waals surface area (Å²) in [5, 5.41) is 11.7. The second kappa shape index (κ2) is 9.22. The average molecular weight is 361 g/mol. The largest absolute Gasteiger partial charge is 0.370 e. The molecule has 0 aliphatic rings. The third-order valence-corrected chi connectivity index (χ3v) is 4.65. The third kappa shape index (κ3) is 5.60. The summed E-state index contributed by atoms with van der Waals surface area (Å²) in [7, 11) is 0. The molecule has 0 aliphatic heterocycles. The Bertz CT molecular complexity index is 727. The van der Waals surface area contributed by atoms with Crippen LogP contribution in [-0.2, 0) is 29.0 Å². The van der Waals surface area contributed by atoms with E-state index in [9.17, 15) is 9.59 Å². The molecule has 1 aromatic carbocycles. The molecule has 2 rings (SSSR count). The summed E-state index contributed by atoms with van der Waals surface area (Å²) in [4.78, 5) is 23.0. The molecule has 0 atom stereocenters. The summed E-state index contributed by atoms with van der Waals surface area (Å²) >= 11 is 1.32. The quantitative estimate of drug-likeness (QED) is 0.665. The van der Waals surface area contributed by atoms with Crippen LogP contribution in [0, 0.1) is 0 Å². The number of anilines is 1. The monoisotopic (exact) mass is 361 g/mol. The molecular formula is C17H23N5O2S. The van der Waals surface area contributed by atoms with E-state index in [1.807, 2.05) is 35.8 Å². The number of nitrogens with one attached hydrogen (secondary N) is 1. The lowest BCUT2D eigenvalue weighted by molar-refractivity contribution is -0.118. The van der Waals surface area contributed by atoms with Gasteiger partial charge in [0.15, 0.2) is 5.16 Å². The van der Waals surface area contributed by atoms with E-state index in [1.54, 1.807) is 0 Å². The van der Waals surface area contributed by atoms with Gasteiger partial charge < -0.3 is 15.6 Å². The summed E-state index contributed by atoms with van der Waals surface area (Å²) in [6.07, 6.45) is 1.65. The zero-order chi connectivity index (χ0) is 18.2. The van der Waals surface area contributed by atoms with Crippen molar-refractivity contribution < 1.29 is 9.59 Å². The lowest BCUT2D eigenvalue weighted by Gasteiger charge is -2.08. The molecule has 1 heterocycles. The molecule has 0 radical (unpaired) electrons. The van der Waals surface area contributed by atoms with Crippen molar-refractivity contribution in [1.29, 1.82) is 0 Å². The van der Waals surface area contributed by atoms with Crippen LogP contribution in [0.2, 0.25) is 0 Å². The van der Waals surface area contributed by atoms with E-state index >= 15 is 0 Å². The number of carbonyl (C=O) groups excluding carboxylic acids is 2. The molecule has 25 heavy (non-hydrogen) atoms. The zero-order valence-electron chi connectivity index (χ0n) is 14.5. The van der Waals surface area contributed by atoms with Crippen molar-refractivity contribution in [2.24, 2.45) is 5.73 Å². The average Bonchev–Trinajstić information content (AvgIpc) is 3.00. The summed E-state index contributed by atoms with van der Waals surface area (Å²) < 4.78 is 1.90. The number of primary amides is 1. The van der Waals surface area contributed by atoms with Crippen molar-refractivity contribution in [3.05, 3.63) is 35.7 Å². The first-order valence-corrected chi connectivity index (χ1v) is 9.24. The molecule has 8 heteroatoms. The Balaban J connectivity index is 1.91. The van der Waals surface area contributed by atoms with E-state index in [4.69, 9.17) is 5.73 Å². The van der Waals surface area contributed by atoms with E-state index in [-0.39, 0.29) is 24.0 Å². The van der Waals surface area contributed by atoms with Crippen LogP contribution < -0.4 is 11.1 Å². The smallest absolute Gasteiger partial charge is 0.234 e. The normalized spacial score (nSPS) is 10.6. The van der Waals surface area contributed by atoms with E-state index in [1.165, 1.54) is 17.3 Å². The second-order valence-electron chi connectivity index (χ2n) is 5.50. The molecule has 0 fully saturated rings. The summed E-state index contributed by atoms with van der Waals surface area (Å²) in [5.74, 6) is 0.481. The number of hydrogen-bond acceptors (Lipinski definition) is 5. The minimum Gasteiger partial charge on any atom is -0.370 e. The molecule has 0 bridgehead atoms. The van der Waals surface area contributed by atoms with Crippen LogP contribution in [0.15, 0.2) is 29.4 Å². The number of rotatable bonds is 9. The lowest BCUT2D eigenvalue weighted by atomic mass is 10.1. The molecule has 3 N–H and O–H groups in total. The van der Waals surface area contributed by atoms with Crippen LogP contribution in [0.1, 0.15) is 31.7 Å². The number of aromatic nitrogens is 3. The minimum absolute atomic E-state index is 0.0985. The highest BCUT2D eigenvalue weighted by Crippen LogP contribution is 2.18. The summed E-state index contributed by atoms with van der Waals surface area (Å²) in [6, 6.07) is 7.80. The SMILES string of the molecule is CCc1ccc(NC(=O)CSc2nnc(CCC(N)=O)n2CC)cc1. The van der Waals surface area contributed by atoms with Crippen molar-refractivity contribution in [2.75, 3.05) is 11.1 Å². The predicted molar refractivity (Wildman–Crippen MR) is 98.4 cm³/mol. The van der Waals surface area contributed by atoms with Crippen molar-refractivity contribution in [2.45, 2.75) is 44.8 Å². The first kappa shape index (κ1) is 19.0. The van der Waals surface area contributed by atoms with Crippen molar-refractivity contribution in [3.8, 4) is 0 Å². The maximum absolute atomic E-state index is 12.1. The van der Waals surface area contributed by atoms with Crippen molar-refractivity contribution >= 4 is 29.3 Å². The summed E-state index contributed by atoms with van der Waals surface area (Å²) in [6.45, 7) is 4.73. The number of aryl methyl sites for hydroxylation is 2. The third-order valence-electron chi connectivity index (χ3n) is 3.68. The van der Waals surface area contributed by atoms with E-state index in [2.05, 4.69) is 22.4 Å². The molecule has 0 saturated heterocycles. The molecule has 134 valence electrons. The van der Waals surface area contributed by atoms with E-state index in [0.717, 1.165) is 12.1 Å². The zero-order valence-corrected chi connectivity index (χ0v) is 15.3. The molecule has 2 aromatic rings. The maximum Gasteiger partial charge on any atom is 0.234 e. The molecule has 0 unspecified atom stereocenters. The Labute approximate surface area is 151 Å². The molecule has 0 aliphatic carbocycles. The van der Waals surface area contributed by atoms with Gasteiger partial charge in [-0.25, -0.2) is 0 Å². The minimum atomic E-state index is -0.367. The first-order valence-electron chi connectivity index (χ1n) is 8.25. The van der Waals surface area contributed by atoms with Gasteiger partial charge in [-0.15, -0.1) is 10.2 Å². The van der Waals surface area contributed by atoms with Crippen LogP contribution in [0.4, 0.5) is 5.69 Å². The topological polar surface area (TPSA) is 103 Å². The van der Waals surface area contributed by atoms with Crippen LogP contribution in [-0.4, -0.2) is 32.3 Å². The van der Waals surface area contributed by atoms with Crippen LogP contribution >= 0.6 is 11.8 Å². The number of amides is 2. The van der Waals surface area contributed by atoms with E-state index < -0.39 is 0 Å². The molecule has 2 amide bonds. The summed E-state index contributed by atoms with van der Waals surface area (Å²) in [5.41, 5.74) is 7.18. The highest BCUT2D eigenvalue weighted by Gasteiger charge is 2.13. The first-order chi connectivity index (χ1) is 12.0. The maximum atomic E-state index is 12.1. The van der Waals surface area contributed by atoms with Crippen molar-refractivity contribution in [3.63, 3.8) is 0 Å². The van der Waals surface area contributed by atoms with Gasteiger partial charge in [-0.3, -0.25) is 9.59 Å². The molecule has 0 spiro atoms. The van der Waals surface area contributed by atoms with Crippen molar-refractivity contribution in [1.82, 2.24) is 14.8 Å². The number of nitrogens with zero attached hydrogens (tertiary/aromatic N) is 3. The second-order valence-corrected chi connectivity index (χ2v) is 6.44. The number of thioether (sulfide) groups is 1. The van der Waals surface area contributed by atoms with Crippen LogP contribution in [0.3, 0.4) is 0 Å². The van der Waals surface area contributed by atoms with Crippen LogP contribution in [0.5, 0.6) is 0 Å². The fraction of sp³-hybridized carbons (Fsp3) is 0.412. The standard InChI is InChI=1S/C17H23N5O2S/c1-3-12-5-7-13(8-6-12)19-16(24)11-25-17-21-20-15(22(17)4-2)10-9-14(18)23/h5-8H,3-4,9-11H2,1-2H3,(H2,18,23)(H,19,24). The van der Waals surface area contributed by atoms with Gasteiger partial charge in [0.1, 0.15) is 5.82 Å². The highest BCUT2D eigenvalue weighted by atomic mass is 32.2. The number of hydrogen-bond donors (Lipinski definition) is 2. The van der Waals surface area contributed by atoms with Gasteiger partial charge in [0, 0.05) is 25.1 Å². The van der Waals surface area contributed by atoms with Gasteiger partial charge in [0.2, 0.25) is 11.8 Å². The molecule has 7 nitrogen and oxygen atoms in total. The lowest BCUT2D eigenvalue weighted by Crippen LogP contribution is -2.15. The Morgan fingerprint density at radius 3 is 2.52 bits per heavy atom. The Hall–Kier alpha value is -2.35. The highest BCUT2D eigenvalue weighted by molar-refractivity contribution is 7.99. The number of carbonyl (C=O) groups is 2. The predicted octanol–water partition coefficient (Wildman–Crippen LogP) is 2.01. The fourth-order valence-corrected chi connectivity index (χ4v) is 3.14. The van der Waals surface area contributed by atoms with Gasteiger partial charge in [-0.2, -0.15) is 0 Å². The van der Waals surface area contributed by atoms with E-state index in [0.29, 0.717) is 23.9 Å². The molecule has 0 saturated carbocycles. The number of benzene rings is 1. The Morgan fingerprint density at radius 1 is 1.20 bits per heavy atom.